The van der Waals surface area contributed by atoms with E-state index in [1.54, 1.807) is 19.1 Å². The van der Waals surface area contributed by atoms with Crippen molar-refractivity contribution in [2.24, 2.45) is 0 Å². The molecule has 0 amide bonds. The first-order valence-electron chi connectivity index (χ1n) is 4.24. The summed E-state index contributed by atoms with van der Waals surface area (Å²) in [4.78, 5) is 10.4. The molecule has 0 aromatic heterocycles. The van der Waals surface area contributed by atoms with E-state index in [1.165, 1.54) is 12.1 Å². The minimum Gasteiger partial charge on any atom is -0.494 e. The van der Waals surface area contributed by atoms with Crippen LogP contribution in [0.3, 0.4) is 0 Å². The van der Waals surface area contributed by atoms with Crippen molar-refractivity contribution in [3.05, 3.63) is 29.8 Å². The fourth-order valence-corrected chi connectivity index (χ4v) is 1.07. The summed E-state index contributed by atoms with van der Waals surface area (Å²) < 4.78 is 18.1. The normalized spacial score (nSPS) is 12.1. The summed E-state index contributed by atoms with van der Waals surface area (Å²) in [5, 5.41) is 8.44. The molecule has 1 rings (SSSR count). The lowest BCUT2D eigenvalue weighted by Gasteiger charge is -2.06. The Balaban J connectivity index is 2.87. The van der Waals surface area contributed by atoms with E-state index in [-0.39, 0.29) is 5.56 Å². The van der Waals surface area contributed by atoms with Crippen molar-refractivity contribution in [1.82, 2.24) is 0 Å². The molecule has 3 nitrogen and oxygen atoms in total. The summed E-state index contributed by atoms with van der Waals surface area (Å²) in [6.07, 6.45) is -1.99. The van der Waals surface area contributed by atoms with Gasteiger partial charge in [0.15, 0.2) is 0 Å². The predicted molar refractivity (Wildman–Crippen MR) is 49.1 cm³/mol. The Bertz CT molecular complexity index is 325. The highest BCUT2D eigenvalue weighted by Gasteiger charge is 2.18. The molecule has 0 heterocycles. The van der Waals surface area contributed by atoms with Crippen LogP contribution in [0, 0.1) is 0 Å². The lowest BCUT2D eigenvalue weighted by atomic mass is 10.1. The summed E-state index contributed by atoms with van der Waals surface area (Å²) in [6, 6.07) is 6.03. The van der Waals surface area contributed by atoms with Crippen molar-refractivity contribution in [1.29, 1.82) is 0 Å². The summed E-state index contributed by atoms with van der Waals surface area (Å²) >= 11 is 0. The molecular weight excluding hydrogens is 187 g/mol. The first-order valence-corrected chi connectivity index (χ1v) is 4.24. The maximum atomic E-state index is 13.0. The van der Waals surface area contributed by atoms with Gasteiger partial charge in [0.05, 0.1) is 6.61 Å². The summed E-state index contributed by atoms with van der Waals surface area (Å²) in [5.41, 5.74) is 0.100. The van der Waals surface area contributed by atoms with Gasteiger partial charge in [-0.25, -0.2) is 9.18 Å². The van der Waals surface area contributed by atoms with Crippen LogP contribution in [-0.4, -0.2) is 17.7 Å². The van der Waals surface area contributed by atoms with Crippen LogP contribution in [0.15, 0.2) is 24.3 Å². The number of hydrogen-bond acceptors (Lipinski definition) is 2. The number of rotatable bonds is 4. The Kier molecular flexibility index (Phi) is 3.45. The van der Waals surface area contributed by atoms with Crippen molar-refractivity contribution in [3.63, 3.8) is 0 Å². The molecule has 0 aliphatic rings. The molecular formula is C10H11FO3. The van der Waals surface area contributed by atoms with E-state index in [4.69, 9.17) is 9.84 Å². The molecule has 76 valence electrons. The topological polar surface area (TPSA) is 46.5 Å². The van der Waals surface area contributed by atoms with E-state index < -0.39 is 12.1 Å². The van der Waals surface area contributed by atoms with Crippen LogP contribution < -0.4 is 4.74 Å². The minimum absolute atomic E-state index is 0.100. The molecule has 0 aliphatic heterocycles. The van der Waals surface area contributed by atoms with Gasteiger partial charge in [-0.1, -0.05) is 12.1 Å². The van der Waals surface area contributed by atoms with Gasteiger partial charge < -0.3 is 9.84 Å². The number of carboxylic acid groups (broad SMARTS) is 1. The quantitative estimate of drug-likeness (QED) is 0.806. The Hall–Kier alpha value is -1.58. The highest BCUT2D eigenvalue weighted by atomic mass is 19.1. The monoisotopic (exact) mass is 198 g/mol. The Morgan fingerprint density at radius 3 is 2.93 bits per heavy atom. The number of carboxylic acids is 1. The van der Waals surface area contributed by atoms with Gasteiger partial charge in [-0.15, -0.1) is 0 Å². The molecule has 0 spiro atoms. The number of hydrogen-bond donors (Lipinski definition) is 1. The summed E-state index contributed by atoms with van der Waals surface area (Å²) in [6.45, 7) is 2.27. The van der Waals surface area contributed by atoms with Crippen molar-refractivity contribution in [2.45, 2.75) is 13.1 Å². The van der Waals surface area contributed by atoms with Gasteiger partial charge in [-0.3, -0.25) is 0 Å². The van der Waals surface area contributed by atoms with Gasteiger partial charge in [0.1, 0.15) is 5.75 Å². The van der Waals surface area contributed by atoms with Crippen LogP contribution in [0.1, 0.15) is 18.7 Å². The number of ether oxygens (including phenoxy) is 1. The lowest BCUT2D eigenvalue weighted by molar-refractivity contribution is -0.143. The van der Waals surface area contributed by atoms with Crippen LogP contribution in [0.5, 0.6) is 5.75 Å². The zero-order chi connectivity index (χ0) is 10.6. The zero-order valence-electron chi connectivity index (χ0n) is 7.74. The minimum atomic E-state index is -1.99. The number of alkyl halides is 1. The van der Waals surface area contributed by atoms with Crippen LogP contribution in [-0.2, 0) is 4.79 Å². The number of halogens is 1. The Morgan fingerprint density at radius 1 is 1.64 bits per heavy atom. The molecule has 0 aliphatic carbocycles. The van der Waals surface area contributed by atoms with Gasteiger partial charge >= 0.3 is 5.97 Å². The van der Waals surface area contributed by atoms with Crippen LogP contribution in [0.25, 0.3) is 0 Å². The van der Waals surface area contributed by atoms with Gasteiger partial charge in [-0.05, 0) is 19.1 Å². The van der Waals surface area contributed by atoms with Crippen molar-refractivity contribution in [3.8, 4) is 5.75 Å². The van der Waals surface area contributed by atoms with Crippen LogP contribution >= 0.6 is 0 Å². The van der Waals surface area contributed by atoms with Crippen molar-refractivity contribution in [2.75, 3.05) is 6.61 Å². The van der Waals surface area contributed by atoms with Gasteiger partial charge in [-0.2, -0.15) is 0 Å². The molecule has 0 bridgehead atoms. The summed E-state index contributed by atoms with van der Waals surface area (Å²) in [5.74, 6) is -1.01. The number of benzene rings is 1. The van der Waals surface area contributed by atoms with E-state index in [9.17, 15) is 9.18 Å². The van der Waals surface area contributed by atoms with Crippen LogP contribution in [0.2, 0.25) is 0 Å². The average molecular weight is 198 g/mol. The van der Waals surface area contributed by atoms with E-state index in [1.807, 2.05) is 0 Å². The predicted octanol–water partition coefficient (Wildman–Crippen LogP) is 2.18. The SMILES string of the molecule is CCOc1cccc(C(F)C(=O)O)c1. The second kappa shape index (κ2) is 4.60. The number of carbonyl (C=O) groups is 1. The molecule has 0 fully saturated rings. The fraction of sp³-hybridized carbons (Fsp3) is 0.300. The standard InChI is InChI=1S/C10H11FO3/c1-2-14-8-5-3-4-7(6-8)9(11)10(12)13/h3-6,9H,2H2,1H3,(H,12,13). The summed E-state index contributed by atoms with van der Waals surface area (Å²) in [7, 11) is 0. The highest BCUT2D eigenvalue weighted by Crippen LogP contribution is 2.22. The molecule has 0 radical (unpaired) electrons. The second-order valence-corrected chi connectivity index (χ2v) is 2.71. The fourth-order valence-electron chi connectivity index (χ4n) is 1.07. The van der Waals surface area contributed by atoms with E-state index in [2.05, 4.69) is 0 Å². The Morgan fingerprint density at radius 2 is 2.36 bits per heavy atom. The molecule has 14 heavy (non-hydrogen) atoms. The maximum Gasteiger partial charge on any atom is 0.343 e. The van der Waals surface area contributed by atoms with Crippen LogP contribution in [0.4, 0.5) is 4.39 Å². The zero-order valence-corrected chi connectivity index (χ0v) is 7.74. The Labute approximate surface area is 81.1 Å². The lowest BCUT2D eigenvalue weighted by Crippen LogP contribution is -2.06. The molecule has 1 unspecified atom stereocenters. The van der Waals surface area contributed by atoms with Crippen molar-refractivity contribution < 1.29 is 19.0 Å². The van der Waals surface area contributed by atoms with Gasteiger partial charge in [0.25, 0.3) is 0 Å². The number of aliphatic carboxylic acids is 1. The molecule has 1 aromatic rings. The molecule has 1 atom stereocenters. The van der Waals surface area contributed by atoms with E-state index in [0.29, 0.717) is 12.4 Å². The molecule has 0 saturated heterocycles. The second-order valence-electron chi connectivity index (χ2n) is 2.71. The highest BCUT2D eigenvalue weighted by molar-refractivity contribution is 5.74. The third-order valence-corrected chi connectivity index (χ3v) is 1.68. The largest absolute Gasteiger partial charge is 0.494 e. The molecule has 1 aromatic carbocycles. The van der Waals surface area contributed by atoms with Gasteiger partial charge in [0, 0.05) is 5.56 Å². The van der Waals surface area contributed by atoms with E-state index in [0.717, 1.165) is 0 Å². The molecule has 1 N–H and O–H groups in total. The van der Waals surface area contributed by atoms with Gasteiger partial charge in [0.2, 0.25) is 6.17 Å². The third kappa shape index (κ3) is 2.45. The smallest absolute Gasteiger partial charge is 0.343 e. The molecule has 4 heteroatoms. The molecule has 0 saturated carbocycles. The van der Waals surface area contributed by atoms with E-state index >= 15 is 0 Å². The third-order valence-electron chi connectivity index (χ3n) is 1.68. The maximum absolute atomic E-state index is 13.0. The average Bonchev–Trinajstić information content (AvgIpc) is 2.17. The first-order chi connectivity index (χ1) is 6.65. The first kappa shape index (κ1) is 10.5. The van der Waals surface area contributed by atoms with Crippen molar-refractivity contribution >= 4 is 5.97 Å².